The molecule has 1 N–H and O–H groups in total. The van der Waals surface area contributed by atoms with E-state index in [0.29, 0.717) is 6.54 Å². The van der Waals surface area contributed by atoms with Crippen molar-refractivity contribution in [1.29, 1.82) is 0 Å². The van der Waals surface area contributed by atoms with Crippen LogP contribution >= 0.6 is 23.1 Å². The lowest BCUT2D eigenvalue weighted by atomic mass is 9.89. The van der Waals surface area contributed by atoms with Crippen LogP contribution in [0.2, 0.25) is 0 Å². The lowest BCUT2D eigenvalue weighted by Gasteiger charge is -2.18. The summed E-state index contributed by atoms with van der Waals surface area (Å²) in [7, 11) is 0. The van der Waals surface area contributed by atoms with Gasteiger partial charge in [0.2, 0.25) is 5.91 Å². The van der Waals surface area contributed by atoms with E-state index in [-0.39, 0.29) is 11.2 Å². The van der Waals surface area contributed by atoms with Crippen LogP contribution in [0.25, 0.3) is 10.2 Å². The zero-order chi connectivity index (χ0) is 18.1. The van der Waals surface area contributed by atoms with Crippen molar-refractivity contribution in [2.45, 2.75) is 49.9 Å². The molecule has 7 heteroatoms. The van der Waals surface area contributed by atoms with Crippen LogP contribution in [0.1, 0.15) is 36.5 Å². The fraction of sp³-hybridized carbons (Fsp3) is 0.421. The molecule has 0 fully saturated rings. The number of thiophene rings is 1. The Balaban J connectivity index is 1.52. The Hall–Kier alpha value is -1.86. The molecule has 26 heavy (non-hydrogen) atoms. The summed E-state index contributed by atoms with van der Waals surface area (Å²) in [4.78, 5) is 23.9. The average Bonchev–Trinajstić information content (AvgIpc) is 3.26. The number of hydrogen-bond donors (Lipinski definition) is 1. The van der Waals surface area contributed by atoms with Crippen molar-refractivity contribution in [3.05, 3.63) is 40.9 Å². The third kappa shape index (κ3) is 3.50. The van der Waals surface area contributed by atoms with E-state index in [4.69, 9.17) is 4.42 Å². The van der Waals surface area contributed by atoms with E-state index in [9.17, 15) is 4.79 Å². The van der Waals surface area contributed by atoms with Crippen molar-refractivity contribution in [2.24, 2.45) is 5.92 Å². The van der Waals surface area contributed by atoms with E-state index >= 15 is 0 Å². The number of aryl methyl sites for hydroxylation is 1. The van der Waals surface area contributed by atoms with Gasteiger partial charge in [-0.3, -0.25) is 4.79 Å². The van der Waals surface area contributed by atoms with Gasteiger partial charge >= 0.3 is 0 Å². The van der Waals surface area contributed by atoms with Crippen molar-refractivity contribution in [2.75, 3.05) is 0 Å². The number of nitrogens with one attached hydrogen (secondary N) is 1. The van der Waals surface area contributed by atoms with Gasteiger partial charge in [-0.25, -0.2) is 9.97 Å². The zero-order valence-electron chi connectivity index (χ0n) is 14.8. The summed E-state index contributed by atoms with van der Waals surface area (Å²) in [6.45, 7) is 4.62. The van der Waals surface area contributed by atoms with Crippen molar-refractivity contribution in [3.8, 4) is 0 Å². The highest BCUT2D eigenvalue weighted by Gasteiger charge is 2.25. The van der Waals surface area contributed by atoms with Gasteiger partial charge < -0.3 is 9.73 Å². The molecule has 1 aliphatic rings. The molecule has 0 radical (unpaired) electrons. The molecule has 3 heterocycles. The second kappa shape index (κ2) is 7.40. The summed E-state index contributed by atoms with van der Waals surface area (Å²) >= 11 is 3.29. The molecule has 136 valence electrons. The molecule has 2 atom stereocenters. The zero-order valence-corrected chi connectivity index (χ0v) is 16.5. The van der Waals surface area contributed by atoms with Crippen LogP contribution in [-0.2, 0) is 24.2 Å². The number of rotatable bonds is 5. The fourth-order valence-electron chi connectivity index (χ4n) is 3.29. The first kappa shape index (κ1) is 17.5. The third-order valence-electron chi connectivity index (χ3n) is 4.73. The minimum atomic E-state index is -0.235. The first-order valence-electron chi connectivity index (χ1n) is 8.84. The minimum absolute atomic E-state index is 0.0177. The van der Waals surface area contributed by atoms with E-state index in [1.54, 1.807) is 23.9 Å². The van der Waals surface area contributed by atoms with E-state index in [1.807, 2.05) is 19.1 Å². The summed E-state index contributed by atoms with van der Waals surface area (Å²) in [6.07, 6.45) is 6.63. The number of hydrogen-bond acceptors (Lipinski definition) is 6. The number of nitrogens with zero attached hydrogens (tertiary/aromatic N) is 2. The molecule has 3 aromatic rings. The second-order valence-electron chi connectivity index (χ2n) is 6.77. The highest BCUT2D eigenvalue weighted by Crippen LogP contribution is 2.41. The maximum absolute atomic E-state index is 12.4. The molecule has 4 rings (SSSR count). The van der Waals surface area contributed by atoms with Crippen molar-refractivity contribution in [3.63, 3.8) is 0 Å². The normalized spacial score (nSPS) is 17.8. The molecule has 0 aromatic carbocycles. The number of amides is 1. The lowest BCUT2D eigenvalue weighted by Crippen LogP contribution is -2.30. The van der Waals surface area contributed by atoms with E-state index in [1.165, 1.54) is 28.6 Å². The molecule has 1 aliphatic carbocycles. The SMILES string of the molecule is C[C@H]1CCc2c(sc3ncnc(S[C@@H](C)C(=O)NCc4ccco4)c23)C1. The Morgan fingerprint density at radius 2 is 2.38 bits per heavy atom. The topological polar surface area (TPSA) is 68.0 Å². The number of thioether (sulfide) groups is 1. The van der Waals surface area contributed by atoms with Crippen LogP contribution < -0.4 is 5.32 Å². The second-order valence-corrected chi connectivity index (χ2v) is 9.18. The van der Waals surface area contributed by atoms with Crippen LogP contribution in [0.3, 0.4) is 0 Å². The summed E-state index contributed by atoms with van der Waals surface area (Å²) in [5, 5.41) is 4.77. The van der Waals surface area contributed by atoms with Crippen LogP contribution in [0.5, 0.6) is 0 Å². The highest BCUT2D eigenvalue weighted by molar-refractivity contribution is 8.00. The van der Waals surface area contributed by atoms with Crippen LogP contribution in [0.4, 0.5) is 0 Å². The molecular formula is C19H21N3O2S2. The summed E-state index contributed by atoms with van der Waals surface area (Å²) < 4.78 is 5.26. The van der Waals surface area contributed by atoms with Crippen LogP contribution in [0, 0.1) is 5.92 Å². The van der Waals surface area contributed by atoms with Crippen LogP contribution in [-0.4, -0.2) is 21.1 Å². The van der Waals surface area contributed by atoms with Gasteiger partial charge in [-0.15, -0.1) is 11.3 Å². The van der Waals surface area contributed by atoms with Gasteiger partial charge in [0.15, 0.2) is 0 Å². The average molecular weight is 388 g/mol. The van der Waals surface area contributed by atoms with E-state index in [2.05, 4.69) is 22.2 Å². The van der Waals surface area contributed by atoms with Gasteiger partial charge in [-0.05, 0) is 49.8 Å². The quantitative estimate of drug-likeness (QED) is 0.525. The Morgan fingerprint density at radius 3 is 3.19 bits per heavy atom. The Morgan fingerprint density at radius 1 is 1.50 bits per heavy atom. The molecule has 0 aliphatic heterocycles. The van der Waals surface area contributed by atoms with Gasteiger partial charge in [0, 0.05) is 10.3 Å². The smallest absolute Gasteiger partial charge is 0.233 e. The lowest BCUT2D eigenvalue weighted by molar-refractivity contribution is -0.120. The van der Waals surface area contributed by atoms with E-state index < -0.39 is 0 Å². The van der Waals surface area contributed by atoms with Gasteiger partial charge in [0.1, 0.15) is 21.9 Å². The largest absolute Gasteiger partial charge is 0.467 e. The van der Waals surface area contributed by atoms with Gasteiger partial charge in [-0.1, -0.05) is 18.7 Å². The number of furan rings is 1. The van der Waals surface area contributed by atoms with Gasteiger partial charge in [0.05, 0.1) is 18.1 Å². The highest BCUT2D eigenvalue weighted by atomic mass is 32.2. The van der Waals surface area contributed by atoms with Gasteiger partial charge in [0.25, 0.3) is 0 Å². The van der Waals surface area contributed by atoms with E-state index in [0.717, 1.165) is 39.8 Å². The summed E-state index contributed by atoms with van der Waals surface area (Å²) in [5.74, 6) is 1.46. The Bertz CT molecular complexity index is 920. The van der Waals surface area contributed by atoms with Crippen molar-refractivity contribution < 1.29 is 9.21 Å². The number of fused-ring (bicyclic) bond motifs is 3. The maximum atomic E-state index is 12.4. The molecule has 0 saturated carbocycles. The fourth-order valence-corrected chi connectivity index (χ4v) is 5.67. The molecule has 3 aromatic heterocycles. The number of carbonyl (C=O) groups excluding carboxylic acids is 1. The Kier molecular flexibility index (Phi) is 5.00. The van der Waals surface area contributed by atoms with Crippen LogP contribution in [0.15, 0.2) is 34.2 Å². The molecule has 5 nitrogen and oxygen atoms in total. The van der Waals surface area contributed by atoms with Crippen molar-refractivity contribution >= 4 is 39.2 Å². The monoisotopic (exact) mass is 387 g/mol. The third-order valence-corrected chi connectivity index (χ3v) is 6.99. The molecule has 0 saturated heterocycles. The standard InChI is InChI=1S/C19H21N3O2S2/c1-11-5-6-14-15(8-11)26-19-16(14)18(21-10-22-19)25-12(2)17(23)20-9-13-4-3-7-24-13/h3-4,7,10-12H,5-6,8-9H2,1-2H3,(H,20,23)/t11-,12-/m0/s1. The first-order valence-corrected chi connectivity index (χ1v) is 10.5. The maximum Gasteiger partial charge on any atom is 0.233 e. The predicted octanol–water partition coefficient (Wildman–Crippen LogP) is 4.21. The molecule has 0 bridgehead atoms. The van der Waals surface area contributed by atoms with Gasteiger partial charge in [-0.2, -0.15) is 0 Å². The first-order chi connectivity index (χ1) is 12.6. The molecule has 0 unspecified atom stereocenters. The minimum Gasteiger partial charge on any atom is -0.467 e. The summed E-state index contributed by atoms with van der Waals surface area (Å²) in [5.41, 5.74) is 1.40. The Labute approximate surface area is 160 Å². The predicted molar refractivity (Wildman–Crippen MR) is 104 cm³/mol. The summed E-state index contributed by atoms with van der Waals surface area (Å²) in [6, 6.07) is 3.67. The van der Waals surface area contributed by atoms with Crippen molar-refractivity contribution in [1.82, 2.24) is 15.3 Å². The number of aromatic nitrogens is 2. The molecule has 1 amide bonds. The molecular weight excluding hydrogens is 366 g/mol. The number of carbonyl (C=O) groups is 1. The molecule has 0 spiro atoms.